The minimum atomic E-state index is -4.15. The summed E-state index contributed by atoms with van der Waals surface area (Å²) in [7, 11) is -3.52. The molecule has 36 heteroatoms. The number of nitrogens with one attached hydrogen (secondary N) is 5. The Labute approximate surface area is 498 Å². The minimum Gasteiger partial charge on any atom is -0.481 e. The molecule has 2 aromatic carbocycles. The van der Waals surface area contributed by atoms with Gasteiger partial charge in [-0.3, -0.25) is 39.6 Å². The number of carbonyl (C=O) groups is 7. The molecular weight excluding hydrogens is 1200 g/mol. The largest absolute Gasteiger partial charge is 0.481 e. The van der Waals surface area contributed by atoms with Crippen molar-refractivity contribution in [2.45, 2.75) is 54.5 Å². The second kappa shape index (κ2) is 49.0. The smallest absolute Gasteiger partial charge is 0.331 e. The highest BCUT2D eigenvalue weighted by atomic mass is 32.2. The second-order valence-electron chi connectivity index (χ2n) is 17.3. The zero-order valence-electron chi connectivity index (χ0n) is 49.0. The molecule has 10 N–H and O–H groups in total. The van der Waals surface area contributed by atoms with Crippen molar-refractivity contribution in [2.75, 3.05) is 161 Å². The van der Waals surface area contributed by atoms with E-state index in [0.717, 1.165) is 25.2 Å². The summed E-state index contributed by atoms with van der Waals surface area (Å²) < 4.78 is 126. The van der Waals surface area contributed by atoms with E-state index >= 15 is 0 Å². The third-order valence-corrected chi connectivity index (χ3v) is 13.2. The Balaban J connectivity index is 0. The van der Waals surface area contributed by atoms with Gasteiger partial charge in [0.2, 0.25) is 26.0 Å². The van der Waals surface area contributed by atoms with E-state index in [1.807, 2.05) is 6.92 Å². The van der Waals surface area contributed by atoms with Crippen molar-refractivity contribution in [3.05, 3.63) is 59.7 Å². The second-order valence-corrected chi connectivity index (χ2v) is 20.6. The zero-order chi connectivity index (χ0) is 65.3. The van der Waals surface area contributed by atoms with Gasteiger partial charge in [0.15, 0.2) is 0 Å². The molecule has 86 heavy (non-hydrogen) atoms. The number of carbonyl (C=O) groups excluding carboxylic acids is 6. The predicted octanol–water partition coefficient (Wildman–Crippen LogP) is -2.29. The molecule has 0 spiro atoms. The molecule has 0 heterocycles. The lowest BCUT2D eigenvalue weighted by Crippen LogP contribution is -2.58. The molecule has 0 atom stereocenters. The summed E-state index contributed by atoms with van der Waals surface area (Å²) in [6, 6.07) is 12.3. The summed E-state index contributed by atoms with van der Waals surface area (Å²) in [6.45, 7) is 1.20. The van der Waals surface area contributed by atoms with E-state index in [0.29, 0.717) is 0 Å². The molecule has 0 aliphatic rings. The molecular formula is C50H83N5O29S2. The maximum absolute atomic E-state index is 13.3. The number of amides is 3. The van der Waals surface area contributed by atoms with Crippen LogP contribution in [0.15, 0.2) is 58.3 Å². The third-order valence-electron chi connectivity index (χ3n) is 10.0. The number of sulfonamides is 2. The minimum absolute atomic E-state index is 0.00933. The Hall–Kier alpha value is -6.01. The quantitative estimate of drug-likeness (QED) is 0.0110. The van der Waals surface area contributed by atoms with Crippen molar-refractivity contribution in [1.29, 1.82) is 0 Å². The Morgan fingerprint density at radius 3 is 0.942 bits per heavy atom. The molecule has 0 aromatic heterocycles. The number of rotatable bonds is 44. The molecule has 2 aromatic rings. The zero-order valence-corrected chi connectivity index (χ0v) is 50.7. The van der Waals surface area contributed by atoms with Crippen LogP contribution in [-0.2, 0) is 115 Å². The highest BCUT2D eigenvalue weighted by Crippen LogP contribution is 2.19. The molecule has 0 aliphatic carbocycles. The lowest BCUT2D eigenvalue weighted by atomic mass is 10.1. The van der Waals surface area contributed by atoms with Gasteiger partial charge in [-0.25, -0.2) is 42.9 Å². The number of hydrogen-bond donors (Lipinski definition) is 10. The number of aliphatic hydroxyl groups excluding tert-OH is 1. The summed E-state index contributed by atoms with van der Waals surface area (Å²) in [4.78, 5) is 76.4. The molecule has 494 valence electrons. The molecule has 0 bridgehead atoms. The van der Waals surface area contributed by atoms with Crippen LogP contribution in [0.1, 0.15) is 30.9 Å². The first-order chi connectivity index (χ1) is 40.9. The number of aryl methyl sites for hydroxylation is 2. The molecule has 0 saturated carbocycles. The van der Waals surface area contributed by atoms with Gasteiger partial charge in [-0.05, 0) is 38.1 Å². The van der Waals surface area contributed by atoms with Crippen molar-refractivity contribution in [1.82, 2.24) is 25.9 Å². The van der Waals surface area contributed by atoms with Crippen LogP contribution in [0.5, 0.6) is 0 Å². The first kappa shape index (κ1) is 82.1. The van der Waals surface area contributed by atoms with Gasteiger partial charge in [-0.2, -0.15) is 9.44 Å². The SMILES string of the molecule is CC(=O)O.CO.COC(=O)CCOCC(COCCOCC(=O)OC)(COCCOCC(=O)OC)NS(=O)(=O)c1ccc(C)cc1.Cc1ccc(S(=O)(=O)NC(COCCOCC(=O)NO)(COCCOCC(=O)NO)COCCC(=O)NO)cc1. The normalized spacial score (nSPS) is 11.2. The summed E-state index contributed by atoms with van der Waals surface area (Å²) in [5.41, 5.74) is 2.99. The monoisotopic (exact) mass is 1280 g/mol. The van der Waals surface area contributed by atoms with Crippen LogP contribution < -0.4 is 25.9 Å². The van der Waals surface area contributed by atoms with E-state index in [2.05, 4.69) is 23.7 Å². The average Bonchev–Trinajstić information content (AvgIpc) is 1.40. The molecule has 0 saturated heterocycles. The number of benzene rings is 2. The van der Waals surface area contributed by atoms with Gasteiger partial charge in [0, 0.05) is 14.0 Å². The van der Waals surface area contributed by atoms with Crippen molar-refractivity contribution >= 4 is 61.6 Å². The van der Waals surface area contributed by atoms with Crippen molar-refractivity contribution in [2.24, 2.45) is 0 Å². The van der Waals surface area contributed by atoms with Crippen LogP contribution >= 0.6 is 0 Å². The lowest BCUT2D eigenvalue weighted by molar-refractivity contribution is -0.147. The Morgan fingerprint density at radius 1 is 0.407 bits per heavy atom. The van der Waals surface area contributed by atoms with Crippen LogP contribution in [-0.4, -0.2) is 256 Å². The lowest BCUT2D eigenvalue weighted by Gasteiger charge is -2.34. The number of aliphatic hydroxyl groups is 1. The van der Waals surface area contributed by atoms with Crippen molar-refractivity contribution in [3.63, 3.8) is 0 Å². The summed E-state index contributed by atoms with van der Waals surface area (Å²) >= 11 is 0. The maximum atomic E-state index is 13.3. The van der Waals surface area contributed by atoms with Crippen LogP contribution in [0.3, 0.4) is 0 Å². The number of hydroxylamine groups is 3. The molecule has 0 unspecified atom stereocenters. The molecule has 0 radical (unpaired) electrons. The van der Waals surface area contributed by atoms with Crippen molar-refractivity contribution < 1.29 is 138 Å². The summed E-state index contributed by atoms with van der Waals surface area (Å²) in [5, 5.41) is 40.1. The van der Waals surface area contributed by atoms with Crippen LogP contribution in [0.4, 0.5) is 0 Å². The number of methoxy groups -OCH3 is 3. The highest BCUT2D eigenvalue weighted by molar-refractivity contribution is 7.89. The molecule has 34 nitrogen and oxygen atoms in total. The van der Waals surface area contributed by atoms with Crippen LogP contribution in [0.2, 0.25) is 0 Å². The summed E-state index contributed by atoms with van der Waals surface area (Å²) in [5.74, 6) is -4.69. The molecule has 0 fully saturated rings. The van der Waals surface area contributed by atoms with E-state index < -0.39 is 85.9 Å². The fourth-order valence-electron chi connectivity index (χ4n) is 5.93. The van der Waals surface area contributed by atoms with Gasteiger partial charge in [0.1, 0.15) is 37.5 Å². The van der Waals surface area contributed by atoms with Gasteiger partial charge < -0.3 is 71.8 Å². The number of esters is 3. The fraction of sp³-hybridized carbons (Fsp3) is 0.620. The number of aliphatic carboxylic acids is 1. The number of carboxylic acid groups (broad SMARTS) is 1. The highest BCUT2D eigenvalue weighted by Gasteiger charge is 2.39. The molecule has 3 amide bonds. The van der Waals surface area contributed by atoms with E-state index in [-0.39, 0.29) is 142 Å². The van der Waals surface area contributed by atoms with Crippen LogP contribution in [0.25, 0.3) is 0 Å². The van der Waals surface area contributed by atoms with Gasteiger partial charge in [0.05, 0.1) is 150 Å². The third kappa shape index (κ3) is 41.2. The fourth-order valence-corrected chi connectivity index (χ4v) is 8.65. The van der Waals surface area contributed by atoms with Crippen molar-refractivity contribution in [3.8, 4) is 0 Å². The van der Waals surface area contributed by atoms with E-state index in [1.54, 1.807) is 31.2 Å². The van der Waals surface area contributed by atoms with Gasteiger partial charge in [0.25, 0.3) is 17.8 Å². The van der Waals surface area contributed by atoms with Gasteiger partial charge >= 0.3 is 17.9 Å². The van der Waals surface area contributed by atoms with E-state index in [4.69, 9.17) is 78.0 Å². The molecule has 2 rings (SSSR count). The Bertz CT molecular complexity index is 2220. The average molecular weight is 1280 g/mol. The topological polar surface area (TPSA) is 469 Å². The number of ether oxygens (including phenoxy) is 13. The number of carboxylic acids is 1. The van der Waals surface area contributed by atoms with Crippen LogP contribution in [0, 0.1) is 13.8 Å². The van der Waals surface area contributed by atoms with Gasteiger partial charge in [-0.15, -0.1) is 0 Å². The first-order valence-electron chi connectivity index (χ1n) is 25.5. The Morgan fingerprint density at radius 2 is 0.663 bits per heavy atom. The van der Waals surface area contributed by atoms with E-state index in [9.17, 15) is 45.6 Å². The molecule has 0 aliphatic heterocycles. The Kier molecular flexibility index (Phi) is 46.8. The first-order valence-corrected chi connectivity index (χ1v) is 28.5. The summed E-state index contributed by atoms with van der Waals surface area (Å²) in [6.07, 6.45) is -0.276. The predicted molar refractivity (Wildman–Crippen MR) is 293 cm³/mol. The van der Waals surface area contributed by atoms with E-state index in [1.165, 1.54) is 62.0 Å². The standard InChI is InChI=1S/C25H39NO13S.C22H36N4O13S.C2H4O2.CH4O/c1-20-5-7-21(8-6-20)40(30,31)26-25(17-37-10-9-22(27)32-2,18-38-13-11-35-15-23(28)33-3)19-39-14-12-36-16-24(29)34-4;1-17-2-4-18(5-3-17)40(33,34)26-22(14-37-7-6-19(27)23-30,15-38-10-8-35-12-20(28)24-31)16-39-11-9-36-13-21(29)25-32;1-2(3)4;1-2/h5-8,26H,9-19H2,1-4H3;2-5,26,30-32H,6-16H2,1H3,(H,23,27)(H,24,28)(H,25,29);1H3,(H,3,4);2H,1H3. The van der Waals surface area contributed by atoms with Gasteiger partial charge in [-0.1, -0.05) is 35.4 Å². The maximum Gasteiger partial charge on any atom is 0.331 e. The number of hydrogen-bond acceptors (Lipinski definition) is 28.